The SMILES string of the molecule is CCOc1ccc(N(C(=O)Cc2cccs2)[C@@H](C(=O)NC2CCCCC2)c2cccc(OC)c2OC)cc1. The predicted octanol–water partition coefficient (Wildman–Crippen LogP) is 5.93. The van der Waals surface area contributed by atoms with Crippen molar-refractivity contribution in [2.24, 2.45) is 0 Å². The van der Waals surface area contributed by atoms with Crippen molar-refractivity contribution in [3.05, 3.63) is 70.4 Å². The molecule has 0 bridgehead atoms. The van der Waals surface area contributed by atoms with Crippen molar-refractivity contribution in [1.29, 1.82) is 0 Å². The Kier molecular flexibility index (Phi) is 9.65. The molecule has 3 aromatic rings. The van der Waals surface area contributed by atoms with E-state index in [-0.39, 0.29) is 24.3 Å². The summed E-state index contributed by atoms with van der Waals surface area (Å²) in [5.41, 5.74) is 1.16. The molecule has 0 radical (unpaired) electrons. The topological polar surface area (TPSA) is 77.1 Å². The zero-order valence-corrected chi connectivity index (χ0v) is 23.1. The largest absolute Gasteiger partial charge is 0.494 e. The summed E-state index contributed by atoms with van der Waals surface area (Å²) in [7, 11) is 3.11. The van der Waals surface area contributed by atoms with Crippen molar-refractivity contribution in [3.8, 4) is 17.2 Å². The van der Waals surface area contributed by atoms with Crippen LogP contribution in [-0.4, -0.2) is 38.7 Å². The number of hydrogen-bond donors (Lipinski definition) is 1. The minimum Gasteiger partial charge on any atom is -0.494 e. The molecule has 1 aromatic heterocycles. The van der Waals surface area contributed by atoms with Crippen LogP contribution in [0.3, 0.4) is 0 Å². The molecular formula is C30H36N2O5S. The highest BCUT2D eigenvalue weighted by Gasteiger charge is 2.36. The van der Waals surface area contributed by atoms with E-state index < -0.39 is 6.04 Å². The quantitative estimate of drug-likeness (QED) is 0.329. The van der Waals surface area contributed by atoms with Gasteiger partial charge in [0.1, 0.15) is 11.8 Å². The highest BCUT2D eigenvalue weighted by molar-refractivity contribution is 7.10. The van der Waals surface area contributed by atoms with Gasteiger partial charge in [-0.15, -0.1) is 11.3 Å². The minimum absolute atomic E-state index is 0.0740. The molecule has 38 heavy (non-hydrogen) atoms. The number of hydrogen-bond acceptors (Lipinski definition) is 6. The van der Waals surface area contributed by atoms with Gasteiger partial charge in [0.05, 0.1) is 27.2 Å². The van der Waals surface area contributed by atoms with Crippen LogP contribution in [0.1, 0.15) is 55.5 Å². The Morgan fingerprint density at radius 1 is 1.00 bits per heavy atom. The first-order chi connectivity index (χ1) is 18.5. The summed E-state index contributed by atoms with van der Waals surface area (Å²) < 4.78 is 16.9. The number of methoxy groups -OCH3 is 2. The Labute approximate surface area is 228 Å². The smallest absolute Gasteiger partial charge is 0.248 e. The second-order valence-electron chi connectivity index (χ2n) is 9.28. The van der Waals surface area contributed by atoms with Crippen LogP contribution in [0.5, 0.6) is 17.2 Å². The molecule has 1 fully saturated rings. The van der Waals surface area contributed by atoms with Crippen LogP contribution in [0.2, 0.25) is 0 Å². The van der Waals surface area contributed by atoms with E-state index >= 15 is 0 Å². The molecule has 8 heteroatoms. The Balaban J connectivity index is 1.82. The average molecular weight is 537 g/mol. The maximum atomic E-state index is 14.1. The normalized spacial score (nSPS) is 14.4. The van der Waals surface area contributed by atoms with E-state index in [1.807, 2.05) is 60.8 Å². The van der Waals surface area contributed by atoms with E-state index in [0.29, 0.717) is 35.1 Å². The molecule has 1 N–H and O–H groups in total. The molecule has 1 aliphatic rings. The molecule has 0 saturated heterocycles. The fourth-order valence-corrected chi connectivity index (χ4v) is 5.70. The Bertz CT molecular complexity index is 1190. The Hall–Kier alpha value is -3.52. The fraction of sp³-hybridized carbons (Fsp3) is 0.400. The van der Waals surface area contributed by atoms with Gasteiger partial charge in [-0.25, -0.2) is 0 Å². The van der Waals surface area contributed by atoms with Crippen molar-refractivity contribution >= 4 is 28.8 Å². The lowest BCUT2D eigenvalue weighted by Crippen LogP contribution is -2.47. The first-order valence-corrected chi connectivity index (χ1v) is 14.0. The van der Waals surface area contributed by atoms with E-state index in [1.54, 1.807) is 25.2 Å². The van der Waals surface area contributed by atoms with Crippen LogP contribution < -0.4 is 24.4 Å². The van der Waals surface area contributed by atoms with Crippen LogP contribution in [0.15, 0.2) is 60.0 Å². The number of anilines is 1. The lowest BCUT2D eigenvalue weighted by molar-refractivity contribution is -0.127. The van der Waals surface area contributed by atoms with Crippen molar-refractivity contribution in [3.63, 3.8) is 0 Å². The van der Waals surface area contributed by atoms with Gasteiger partial charge in [0.25, 0.3) is 0 Å². The van der Waals surface area contributed by atoms with Gasteiger partial charge in [0, 0.05) is 22.2 Å². The fourth-order valence-electron chi connectivity index (χ4n) is 5.01. The molecule has 7 nitrogen and oxygen atoms in total. The van der Waals surface area contributed by atoms with Crippen LogP contribution in [0.4, 0.5) is 5.69 Å². The predicted molar refractivity (Wildman–Crippen MR) is 150 cm³/mol. The van der Waals surface area contributed by atoms with Gasteiger partial charge in [-0.3, -0.25) is 14.5 Å². The summed E-state index contributed by atoms with van der Waals surface area (Å²) in [5, 5.41) is 5.20. The molecule has 1 heterocycles. The summed E-state index contributed by atoms with van der Waals surface area (Å²) in [6.07, 6.45) is 5.37. The molecule has 1 saturated carbocycles. The zero-order valence-electron chi connectivity index (χ0n) is 22.3. The summed E-state index contributed by atoms with van der Waals surface area (Å²) >= 11 is 1.52. The van der Waals surface area contributed by atoms with Crippen molar-refractivity contribution in [2.75, 3.05) is 25.7 Å². The standard InChI is InChI=1S/C30H36N2O5S/c1-4-37-23-17-15-22(16-18-23)32(27(33)20-24-12-9-19-38-24)28(30(34)31-21-10-6-5-7-11-21)25-13-8-14-26(35-2)29(25)36-3/h8-9,12-19,21,28H,4-7,10-11,20H2,1-3H3,(H,31,34)/t28-/m1/s1. The molecule has 2 amide bonds. The van der Waals surface area contributed by atoms with Gasteiger partial charge in [-0.2, -0.15) is 0 Å². The zero-order chi connectivity index (χ0) is 26.9. The number of nitrogens with one attached hydrogen (secondary N) is 1. The summed E-state index contributed by atoms with van der Waals surface area (Å²) in [6, 6.07) is 15.7. The number of thiophene rings is 1. The third-order valence-corrected chi connectivity index (χ3v) is 7.66. The maximum absolute atomic E-state index is 14.1. The molecule has 2 aromatic carbocycles. The van der Waals surface area contributed by atoms with Gasteiger partial charge in [-0.1, -0.05) is 37.5 Å². The highest BCUT2D eigenvalue weighted by Crippen LogP contribution is 2.40. The first kappa shape index (κ1) is 27.5. The summed E-state index contributed by atoms with van der Waals surface area (Å²) in [4.78, 5) is 30.7. The van der Waals surface area contributed by atoms with Gasteiger partial charge in [0.15, 0.2) is 11.5 Å². The lowest BCUT2D eigenvalue weighted by Gasteiger charge is -2.34. The Morgan fingerprint density at radius 2 is 1.76 bits per heavy atom. The summed E-state index contributed by atoms with van der Waals surface area (Å²) in [6.45, 7) is 2.46. The Morgan fingerprint density at radius 3 is 2.39 bits per heavy atom. The van der Waals surface area contributed by atoms with E-state index in [0.717, 1.165) is 30.6 Å². The van der Waals surface area contributed by atoms with E-state index in [9.17, 15) is 9.59 Å². The number of ether oxygens (including phenoxy) is 3. The molecule has 0 unspecified atom stereocenters. The molecule has 4 rings (SSSR count). The monoisotopic (exact) mass is 536 g/mol. The lowest BCUT2D eigenvalue weighted by atomic mass is 9.94. The van der Waals surface area contributed by atoms with Crippen LogP contribution in [0.25, 0.3) is 0 Å². The van der Waals surface area contributed by atoms with Gasteiger partial charge in [-0.05, 0) is 61.5 Å². The van der Waals surface area contributed by atoms with Crippen LogP contribution in [0, 0.1) is 0 Å². The second kappa shape index (κ2) is 13.3. The van der Waals surface area contributed by atoms with Crippen molar-refractivity contribution in [1.82, 2.24) is 5.32 Å². The van der Waals surface area contributed by atoms with Crippen molar-refractivity contribution < 1.29 is 23.8 Å². The number of carbonyl (C=O) groups is 2. The molecular weight excluding hydrogens is 500 g/mol. The van der Waals surface area contributed by atoms with Gasteiger partial charge >= 0.3 is 0 Å². The average Bonchev–Trinajstić information content (AvgIpc) is 3.45. The summed E-state index contributed by atoms with van der Waals surface area (Å²) in [5.74, 6) is 1.20. The number of benzene rings is 2. The molecule has 1 aliphatic carbocycles. The first-order valence-electron chi connectivity index (χ1n) is 13.1. The van der Waals surface area contributed by atoms with E-state index in [2.05, 4.69) is 5.32 Å². The number of carbonyl (C=O) groups excluding carboxylic acids is 2. The molecule has 0 spiro atoms. The third kappa shape index (κ3) is 6.48. The second-order valence-corrected chi connectivity index (χ2v) is 10.3. The molecule has 1 atom stereocenters. The van der Waals surface area contributed by atoms with E-state index in [1.165, 1.54) is 17.8 Å². The van der Waals surface area contributed by atoms with Crippen LogP contribution in [-0.2, 0) is 16.0 Å². The number of amides is 2. The number of para-hydroxylation sites is 1. The molecule has 202 valence electrons. The number of rotatable bonds is 11. The van der Waals surface area contributed by atoms with E-state index in [4.69, 9.17) is 14.2 Å². The number of nitrogens with zero attached hydrogens (tertiary/aromatic N) is 1. The minimum atomic E-state index is -0.965. The highest BCUT2D eigenvalue weighted by atomic mass is 32.1. The van der Waals surface area contributed by atoms with Gasteiger partial charge < -0.3 is 19.5 Å². The third-order valence-electron chi connectivity index (χ3n) is 6.79. The van der Waals surface area contributed by atoms with Crippen molar-refractivity contribution in [2.45, 2.75) is 57.5 Å². The van der Waals surface area contributed by atoms with Crippen LogP contribution >= 0.6 is 11.3 Å². The maximum Gasteiger partial charge on any atom is 0.248 e. The van der Waals surface area contributed by atoms with Gasteiger partial charge in [0.2, 0.25) is 11.8 Å². The molecule has 0 aliphatic heterocycles.